The van der Waals surface area contributed by atoms with Gasteiger partial charge in [0, 0.05) is 32.2 Å². The first-order chi connectivity index (χ1) is 22.1. The first-order valence-corrected chi connectivity index (χ1v) is 15.2. The summed E-state index contributed by atoms with van der Waals surface area (Å²) in [6.45, 7) is 0.213. The number of carbonyl (C=O) groups is 2. The van der Waals surface area contributed by atoms with Crippen LogP contribution in [0.1, 0.15) is 91.0 Å². The molecule has 0 unspecified atom stereocenters. The summed E-state index contributed by atoms with van der Waals surface area (Å²) in [7, 11) is 0. The molecule has 3 aliphatic rings. The molecule has 13 nitrogen and oxygen atoms in total. The van der Waals surface area contributed by atoms with E-state index in [0.717, 1.165) is 0 Å². The van der Waals surface area contributed by atoms with Gasteiger partial charge in [-0.3, -0.25) is 9.59 Å². The zero-order valence-electron chi connectivity index (χ0n) is 25.1. The highest BCUT2D eigenvalue weighted by Crippen LogP contribution is 2.43. The van der Waals surface area contributed by atoms with E-state index in [1.54, 1.807) is 0 Å². The van der Waals surface area contributed by atoms with Gasteiger partial charge in [-0.05, 0) is 43.7 Å². The second kappa shape index (κ2) is 12.3. The SMILES string of the molecule is Cc1nonc1C(=O)N[C@H](c1cn2ncc([C@@H]3C[C@](O)(C(F)F)CCN3C(=O)[C@@H]3CCC(F)(F)CO3)nc2n1)C1CCC(F)(F)CC1. The fraction of sp³-hybridized carbons (Fsp3) is 0.679. The van der Waals surface area contributed by atoms with Crippen LogP contribution < -0.4 is 5.32 Å². The molecule has 3 aromatic rings. The molecule has 47 heavy (non-hydrogen) atoms. The van der Waals surface area contributed by atoms with Crippen molar-refractivity contribution in [1.29, 1.82) is 0 Å². The fourth-order valence-electron chi connectivity index (χ4n) is 6.44. The number of fused-ring (bicyclic) bond motifs is 1. The summed E-state index contributed by atoms with van der Waals surface area (Å²) >= 11 is 0. The molecule has 3 aromatic heterocycles. The number of hydrogen-bond donors (Lipinski definition) is 2. The highest BCUT2D eigenvalue weighted by Gasteiger charge is 2.49. The lowest BCUT2D eigenvalue weighted by atomic mass is 9.81. The number of amides is 2. The highest BCUT2D eigenvalue weighted by molar-refractivity contribution is 5.93. The Morgan fingerprint density at radius 1 is 1.04 bits per heavy atom. The number of halogens is 6. The number of aromatic nitrogens is 6. The third-order valence-electron chi connectivity index (χ3n) is 9.22. The number of ether oxygens (including phenoxy) is 1. The maximum atomic E-state index is 14.0. The standard InChI is InChI=1S/C28H32F6N8O5/c1-14-20(40-47-39-14)22(43)38-21(15-2-5-27(31,32)6-3-15)17-12-42-25(37-17)36-16(11-35-42)18-10-26(45,24(29)30)8-9-41(18)23(44)19-4-7-28(33,34)13-46-19/h11-12,15,18-19,21,24,45H,2-10,13H2,1H3,(H,38,43)/t18-,19-,21-,26-/m0/s1. The fourth-order valence-corrected chi connectivity index (χ4v) is 6.44. The molecule has 0 aromatic carbocycles. The number of nitrogens with zero attached hydrogens (tertiary/aromatic N) is 7. The summed E-state index contributed by atoms with van der Waals surface area (Å²) in [5, 5.41) is 25.0. The molecule has 19 heteroatoms. The molecule has 0 bridgehead atoms. The second-order valence-electron chi connectivity index (χ2n) is 12.5. The molecule has 256 valence electrons. The number of alkyl halides is 6. The van der Waals surface area contributed by atoms with Gasteiger partial charge < -0.3 is 20.1 Å². The van der Waals surface area contributed by atoms with Crippen LogP contribution in [-0.2, 0) is 9.53 Å². The van der Waals surface area contributed by atoms with Gasteiger partial charge in [0.25, 0.3) is 29.9 Å². The third kappa shape index (κ3) is 6.77. The summed E-state index contributed by atoms with van der Waals surface area (Å²) < 4.78 is 94.3. The lowest BCUT2D eigenvalue weighted by molar-refractivity contribution is -0.182. The van der Waals surface area contributed by atoms with Gasteiger partial charge in [0.2, 0.25) is 5.92 Å². The van der Waals surface area contributed by atoms with Crippen LogP contribution in [0.15, 0.2) is 17.0 Å². The molecule has 0 spiro atoms. The lowest BCUT2D eigenvalue weighted by Gasteiger charge is -2.44. The van der Waals surface area contributed by atoms with E-state index in [4.69, 9.17) is 4.74 Å². The Hall–Kier alpha value is -3.87. The maximum Gasteiger partial charge on any atom is 0.276 e. The Bertz CT molecular complexity index is 1620. The Balaban J connectivity index is 1.31. The summed E-state index contributed by atoms with van der Waals surface area (Å²) in [4.78, 5) is 36.6. The molecule has 4 atom stereocenters. The summed E-state index contributed by atoms with van der Waals surface area (Å²) in [5.41, 5.74) is -2.15. The summed E-state index contributed by atoms with van der Waals surface area (Å²) in [6.07, 6.45) is -4.39. The van der Waals surface area contributed by atoms with Crippen molar-refractivity contribution in [1.82, 2.24) is 40.1 Å². The van der Waals surface area contributed by atoms with Crippen molar-refractivity contribution < 1.29 is 50.4 Å². The van der Waals surface area contributed by atoms with Crippen molar-refractivity contribution in [2.45, 2.75) is 100 Å². The molecule has 5 heterocycles. The van der Waals surface area contributed by atoms with Gasteiger partial charge in [-0.15, -0.1) is 0 Å². The number of hydrogen-bond acceptors (Lipinski definition) is 10. The maximum absolute atomic E-state index is 14.0. The Labute approximate surface area is 263 Å². The van der Waals surface area contributed by atoms with E-state index in [2.05, 4.69) is 35.3 Å². The van der Waals surface area contributed by atoms with E-state index in [1.807, 2.05) is 0 Å². The van der Waals surface area contributed by atoms with Gasteiger partial charge >= 0.3 is 0 Å². The highest BCUT2D eigenvalue weighted by atomic mass is 19.3. The zero-order chi connectivity index (χ0) is 33.7. The molecule has 3 fully saturated rings. The Morgan fingerprint density at radius 3 is 2.40 bits per heavy atom. The van der Waals surface area contributed by atoms with Gasteiger partial charge in [-0.2, -0.15) is 5.10 Å². The van der Waals surface area contributed by atoms with Crippen molar-refractivity contribution >= 4 is 17.6 Å². The Kier molecular flexibility index (Phi) is 8.65. The number of imidazole rings is 1. The van der Waals surface area contributed by atoms with Crippen molar-refractivity contribution in [3.63, 3.8) is 0 Å². The van der Waals surface area contributed by atoms with Crippen LogP contribution in [0.25, 0.3) is 5.78 Å². The minimum Gasteiger partial charge on any atom is -0.384 e. The molecule has 2 N–H and O–H groups in total. The van der Waals surface area contributed by atoms with E-state index in [-0.39, 0.29) is 54.4 Å². The first-order valence-electron chi connectivity index (χ1n) is 15.2. The summed E-state index contributed by atoms with van der Waals surface area (Å²) in [5.74, 6) is -7.84. The van der Waals surface area contributed by atoms with Crippen molar-refractivity contribution in [3.8, 4) is 0 Å². The molecule has 6 rings (SSSR count). The van der Waals surface area contributed by atoms with Gasteiger partial charge in [0.1, 0.15) is 24.0 Å². The first kappa shape index (κ1) is 33.0. The van der Waals surface area contributed by atoms with Crippen molar-refractivity contribution in [3.05, 3.63) is 35.2 Å². The third-order valence-corrected chi connectivity index (χ3v) is 9.22. The monoisotopic (exact) mass is 674 g/mol. The van der Waals surface area contributed by atoms with E-state index < -0.39 is 98.5 Å². The largest absolute Gasteiger partial charge is 0.384 e. The average molecular weight is 675 g/mol. The summed E-state index contributed by atoms with van der Waals surface area (Å²) in [6, 6.07) is -2.13. The number of likely N-dealkylation sites (tertiary alicyclic amines) is 1. The number of aryl methyl sites for hydroxylation is 1. The smallest absolute Gasteiger partial charge is 0.276 e. The molecule has 2 saturated heterocycles. The van der Waals surface area contributed by atoms with Gasteiger partial charge in [0.15, 0.2) is 5.69 Å². The molecule has 0 radical (unpaired) electrons. The van der Waals surface area contributed by atoms with Crippen LogP contribution in [-0.4, -0.2) is 94.8 Å². The van der Waals surface area contributed by atoms with Crippen LogP contribution in [0.5, 0.6) is 0 Å². The number of nitrogens with one attached hydrogen (secondary N) is 1. The van der Waals surface area contributed by atoms with Crippen LogP contribution in [0.4, 0.5) is 26.3 Å². The lowest BCUT2D eigenvalue weighted by Crippen LogP contribution is -2.55. The number of rotatable bonds is 7. The average Bonchev–Trinajstić information content (AvgIpc) is 3.65. The molecule has 1 aliphatic carbocycles. The molecule has 2 amide bonds. The number of piperidine rings is 1. The van der Waals surface area contributed by atoms with Gasteiger partial charge in [-0.25, -0.2) is 45.5 Å². The van der Waals surface area contributed by atoms with Crippen molar-refractivity contribution in [2.75, 3.05) is 13.2 Å². The van der Waals surface area contributed by atoms with Gasteiger partial charge in [-0.1, -0.05) is 5.16 Å². The van der Waals surface area contributed by atoms with Crippen LogP contribution >= 0.6 is 0 Å². The minimum absolute atomic E-state index is 0.00916. The predicted octanol–water partition coefficient (Wildman–Crippen LogP) is 3.59. The molecular weight excluding hydrogens is 642 g/mol. The normalized spacial score (nSPS) is 27.2. The quantitative estimate of drug-likeness (QED) is 0.355. The predicted molar refractivity (Wildman–Crippen MR) is 145 cm³/mol. The van der Waals surface area contributed by atoms with Crippen LogP contribution in [0.3, 0.4) is 0 Å². The van der Waals surface area contributed by atoms with Gasteiger partial charge in [0.05, 0.1) is 35.9 Å². The minimum atomic E-state index is -3.16. The number of carbonyl (C=O) groups excluding carboxylic acids is 2. The van der Waals surface area contributed by atoms with E-state index in [9.17, 15) is 41.0 Å². The van der Waals surface area contributed by atoms with Crippen molar-refractivity contribution in [2.24, 2.45) is 5.92 Å². The molecule has 1 saturated carbocycles. The van der Waals surface area contributed by atoms with E-state index >= 15 is 0 Å². The Morgan fingerprint density at radius 2 is 1.77 bits per heavy atom. The molecule has 2 aliphatic heterocycles. The topological polar surface area (TPSA) is 161 Å². The van der Waals surface area contributed by atoms with Crippen LogP contribution in [0, 0.1) is 12.8 Å². The second-order valence-corrected chi connectivity index (χ2v) is 12.5. The van der Waals surface area contributed by atoms with E-state index in [0.29, 0.717) is 0 Å². The van der Waals surface area contributed by atoms with E-state index in [1.165, 1.54) is 28.7 Å². The zero-order valence-corrected chi connectivity index (χ0v) is 25.1. The number of aliphatic hydroxyl groups is 1. The van der Waals surface area contributed by atoms with Crippen LogP contribution in [0.2, 0.25) is 0 Å². The molecular formula is C28H32F6N8O5.